The number of hydrogen-bond acceptors (Lipinski definition) is 2. The molecule has 0 aromatic heterocycles. The lowest BCUT2D eigenvalue weighted by Crippen LogP contribution is -2.54. The highest BCUT2D eigenvalue weighted by molar-refractivity contribution is 5.89. The van der Waals surface area contributed by atoms with Gasteiger partial charge in [0.25, 0.3) is 0 Å². The summed E-state index contributed by atoms with van der Waals surface area (Å²) in [5.74, 6) is 0. The van der Waals surface area contributed by atoms with E-state index >= 15 is 0 Å². The molecule has 0 saturated heterocycles. The number of benzene rings is 6. The third-order valence-corrected chi connectivity index (χ3v) is 17.4. The number of anilines is 4. The van der Waals surface area contributed by atoms with Crippen molar-refractivity contribution in [1.82, 2.24) is 0 Å². The molecule has 2 heteroatoms. The molecule has 6 aromatic carbocycles. The maximum atomic E-state index is 2.74. The average molecular weight is 773 g/mol. The molecule has 59 heavy (non-hydrogen) atoms. The molecule has 2 nitrogen and oxygen atoms in total. The van der Waals surface area contributed by atoms with Gasteiger partial charge in [-0.3, -0.25) is 0 Å². The minimum absolute atomic E-state index is 0.0484. The maximum absolute atomic E-state index is 2.74. The van der Waals surface area contributed by atoms with Crippen LogP contribution in [0.3, 0.4) is 0 Å². The van der Waals surface area contributed by atoms with Crippen LogP contribution in [0, 0.1) is 27.7 Å². The lowest BCUT2D eigenvalue weighted by atomic mass is 9.61. The summed E-state index contributed by atoms with van der Waals surface area (Å²) in [5, 5.41) is 0. The third-order valence-electron chi connectivity index (χ3n) is 17.4. The van der Waals surface area contributed by atoms with E-state index in [1.807, 2.05) is 0 Å². The maximum Gasteiger partial charge on any atom is 0.0518 e. The molecule has 298 valence electrons. The number of hydrogen-bond donors (Lipinski definition) is 0. The molecule has 6 aromatic rings. The van der Waals surface area contributed by atoms with E-state index in [1.165, 1.54) is 141 Å². The molecule has 4 unspecified atom stereocenters. The van der Waals surface area contributed by atoms with Crippen LogP contribution in [0.5, 0.6) is 0 Å². The first-order valence-electron chi connectivity index (χ1n) is 22.7. The van der Waals surface area contributed by atoms with Crippen molar-refractivity contribution in [1.29, 1.82) is 0 Å². The summed E-state index contributed by atoms with van der Waals surface area (Å²) < 4.78 is 0. The molecule has 0 N–H and O–H groups in total. The monoisotopic (exact) mass is 772 g/mol. The number of rotatable bonds is 4. The highest BCUT2D eigenvalue weighted by Gasteiger charge is 2.59. The highest BCUT2D eigenvalue weighted by atomic mass is 15.3. The molecule has 2 heterocycles. The lowest BCUT2D eigenvalue weighted by Gasteiger charge is -2.50. The molecule has 0 radical (unpaired) electrons. The standard InChI is InChI=1S/C57H60N2/c1-36-38(3)52-50(54(5)27-15-17-29-56(54,7)58(52)44-19-11-9-12-20-44)34-48(36)40-23-25-46-42(31-40)33-43-32-41(24-26-47(43)46)49-35-51-53(39(4)37(49)2)59(45-21-13-10-14-22-45)57(8)30-18-16-28-55(51,57)6/h9-14,19-26,31-32,34-35H,15-18,27-30,33H2,1-8H3. The van der Waals surface area contributed by atoms with Crippen LogP contribution in [0.15, 0.2) is 109 Å². The van der Waals surface area contributed by atoms with Gasteiger partial charge in [-0.1, -0.05) is 112 Å². The lowest BCUT2D eigenvalue weighted by molar-refractivity contribution is 0.195. The van der Waals surface area contributed by atoms with E-state index in [1.54, 1.807) is 11.1 Å². The number of nitrogens with zero attached hydrogens (tertiary/aromatic N) is 2. The van der Waals surface area contributed by atoms with Crippen molar-refractivity contribution in [3.05, 3.63) is 154 Å². The van der Waals surface area contributed by atoms with Gasteiger partial charge >= 0.3 is 0 Å². The van der Waals surface area contributed by atoms with Gasteiger partial charge in [0.05, 0.1) is 11.1 Å². The molecule has 0 spiro atoms. The van der Waals surface area contributed by atoms with Gasteiger partial charge in [-0.15, -0.1) is 0 Å². The fourth-order valence-corrected chi connectivity index (χ4v) is 13.4. The number of para-hydroxylation sites is 2. The van der Waals surface area contributed by atoms with Crippen LogP contribution in [0.1, 0.15) is 124 Å². The van der Waals surface area contributed by atoms with Crippen molar-refractivity contribution in [2.45, 2.75) is 135 Å². The van der Waals surface area contributed by atoms with E-state index in [9.17, 15) is 0 Å². The van der Waals surface area contributed by atoms with Crippen LogP contribution in [0.4, 0.5) is 22.7 Å². The molecule has 5 aliphatic rings. The summed E-state index contributed by atoms with van der Waals surface area (Å²) in [4.78, 5) is 5.48. The van der Waals surface area contributed by atoms with Gasteiger partial charge in [0.1, 0.15) is 0 Å². The fraction of sp³-hybridized carbons (Fsp3) is 0.368. The average Bonchev–Trinajstić information content (AvgIpc) is 3.79. The Kier molecular flexibility index (Phi) is 7.97. The summed E-state index contributed by atoms with van der Waals surface area (Å²) in [5.41, 5.74) is 25.9. The summed E-state index contributed by atoms with van der Waals surface area (Å²) in [6, 6.07) is 42.4. The van der Waals surface area contributed by atoms with E-state index < -0.39 is 0 Å². The smallest absolute Gasteiger partial charge is 0.0518 e. The molecule has 4 atom stereocenters. The Morgan fingerprint density at radius 3 is 1.20 bits per heavy atom. The minimum Gasteiger partial charge on any atom is -0.334 e. The molecule has 2 aliphatic heterocycles. The Hall–Kier alpha value is -5.08. The van der Waals surface area contributed by atoms with Crippen LogP contribution in [-0.4, -0.2) is 11.1 Å². The van der Waals surface area contributed by atoms with E-state index in [2.05, 4.69) is 174 Å². The van der Waals surface area contributed by atoms with Crippen molar-refractivity contribution in [2.75, 3.05) is 9.80 Å². The Labute approximate surface area is 353 Å². The van der Waals surface area contributed by atoms with Gasteiger partial charge in [0, 0.05) is 33.6 Å². The SMILES string of the molecule is Cc1c(-c2ccc3c(c2)Cc2cc(-c4cc5c(c(C)c4C)N(c4ccccc4)C4(C)CCCCC54C)ccc2-3)cc2c(c1C)N(c1ccccc1)C1(C)CCCCC21C. The van der Waals surface area contributed by atoms with Crippen molar-refractivity contribution in [2.24, 2.45) is 0 Å². The predicted molar refractivity (Wildman–Crippen MR) is 250 cm³/mol. The second kappa shape index (κ2) is 12.7. The minimum atomic E-state index is 0.0484. The van der Waals surface area contributed by atoms with Crippen molar-refractivity contribution in [3.63, 3.8) is 0 Å². The zero-order chi connectivity index (χ0) is 40.6. The Morgan fingerprint density at radius 1 is 0.407 bits per heavy atom. The fourth-order valence-electron chi connectivity index (χ4n) is 13.4. The third kappa shape index (κ3) is 4.81. The van der Waals surface area contributed by atoms with Gasteiger partial charge < -0.3 is 9.80 Å². The van der Waals surface area contributed by atoms with Gasteiger partial charge in [0.2, 0.25) is 0 Å². The molecule has 0 bridgehead atoms. The topological polar surface area (TPSA) is 6.48 Å². The van der Waals surface area contributed by atoms with Crippen LogP contribution in [-0.2, 0) is 17.3 Å². The van der Waals surface area contributed by atoms with Crippen LogP contribution < -0.4 is 9.80 Å². The second-order valence-electron chi connectivity index (χ2n) is 20.0. The normalized spacial score (nSPS) is 26.2. The van der Waals surface area contributed by atoms with Crippen LogP contribution in [0.2, 0.25) is 0 Å². The van der Waals surface area contributed by atoms with E-state index in [0.29, 0.717) is 0 Å². The van der Waals surface area contributed by atoms with Gasteiger partial charge in [-0.05, 0) is 188 Å². The van der Waals surface area contributed by atoms with Crippen molar-refractivity contribution in [3.8, 4) is 33.4 Å². The molecule has 2 saturated carbocycles. The van der Waals surface area contributed by atoms with Crippen LogP contribution in [0.25, 0.3) is 33.4 Å². The van der Waals surface area contributed by atoms with E-state index in [-0.39, 0.29) is 21.9 Å². The van der Waals surface area contributed by atoms with Gasteiger partial charge in [0.15, 0.2) is 0 Å². The zero-order valence-electron chi connectivity index (χ0n) is 36.7. The van der Waals surface area contributed by atoms with Gasteiger partial charge in [-0.25, -0.2) is 0 Å². The predicted octanol–water partition coefficient (Wildman–Crippen LogP) is 15.3. The first-order valence-corrected chi connectivity index (χ1v) is 22.7. The molecule has 3 aliphatic carbocycles. The van der Waals surface area contributed by atoms with Crippen molar-refractivity contribution < 1.29 is 0 Å². The number of fused-ring (bicyclic) bond motifs is 9. The summed E-state index contributed by atoms with van der Waals surface area (Å²) >= 11 is 0. The highest BCUT2D eigenvalue weighted by Crippen LogP contribution is 2.64. The largest absolute Gasteiger partial charge is 0.334 e. The second-order valence-corrected chi connectivity index (χ2v) is 20.0. The first kappa shape index (κ1) is 37.0. The Bertz CT molecular complexity index is 2520. The van der Waals surface area contributed by atoms with Crippen molar-refractivity contribution >= 4 is 22.7 Å². The first-order chi connectivity index (χ1) is 28.4. The molecular formula is C57H60N2. The molecular weight excluding hydrogens is 713 g/mol. The van der Waals surface area contributed by atoms with Gasteiger partial charge in [-0.2, -0.15) is 0 Å². The van der Waals surface area contributed by atoms with E-state index in [4.69, 9.17) is 0 Å². The summed E-state index contributed by atoms with van der Waals surface area (Å²) in [6.45, 7) is 19.7. The summed E-state index contributed by atoms with van der Waals surface area (Å²) in [6.07, 6.45) is 11.1. The molecule has 0 amide bonds. The van der Waals surface area contributed by atoms with Crippen LogP contribution >= 0.6 is 0 Å². The zero-order valence-corrected chi connectivity index (χ0v) is 36.7. The molecule has 11 rings (SSSR count). The Morgan fingerprint density at radius 2 is 0.797 bits per heavy atom. The summed E-state index contributed by atoms with van der Waals surface area (Å²) in [7, 11) is 0. The van der Waals surface area contributed by atoms with E-state index in [0.717, 1.165) is 6.42 Å². The quantitative estimate of drug-likeness (QED) is 0.176. The molecule has 2 fully saturated rings. The Balaban J connectivity index is 0.975.